The van der Waals surface area contributed by atoms with Crippen molar-refractivity contribution in [3.05, 3.63) is 0 Å². The molecule has 0 saturated heterocycles. The van der Waals surface area contributed by atoms with E-state index in [9.17, 15) is 0 Å². The third-order valence-corrected chi connectivity index (χ3v) is 1.73. The lowest BCUT2D eigenvalue weighted by Gasteiger charge is -1.99. The van der Waals surface area contributed by atoms with Crippen molar-refractivity contribution in [3.8, 4) is 0 Å². The zero-order valence-corrected chi connectivity index (χ0v) is 7.12. The van der Waals surface area contributed by atoms with Gasteiger partial charge in [-0.15, -0.1) is 0 Å². The van der Waals surface area contributed by atoms with Gasteiger partial charge in [-0.25, -0.2) is 0 Å². The van der Waals surface area contributed by atoms with Crippen molar-refractivity contribution >= 4 is 17.1 Å². The average molecular weight is 160 g/mol. The molecule has 0 aliphatic carbocycles. The van der Waals surface area contributed by atoms with Crippen molar-refractivity contribution in [3.63, 3.8) is 0 Å². The molecule has 0 aromatic rings. The fourth-order valence-electron chi connectivity index (χ4n) is 0.723. The lowest BCUT2D eigenvalue weighted by molar-refractivity contribution is 0.835. The fourth-order valence-corrected chi connectivity index (χ4v) is 1.01. The van der Waals surface area contributed by atoms with E-state index in [1.54, 1.807) is 0 Å². The molecular formula is C7H16N2S. The van der Waals surface area contributed by atoms with E-state index in [2.05, 4.69) is 0 Å². The second-order valence-electron chi connectivity index (χ2n) is 2.32. The molecule has 0 atom stereocenters. The molecular weight excluding hydrogens is 144 g/mol. The third-order valence-electron chi connectivity index (χ3n) is 1.32. The summed E-state index contributed by atoms with van der Waals surface area (Å²) >= 11 is 5.07. The monoisotopic (exact) mass is 160 g/mol. The van der Waals surface area contributed by atoms with Gasteiger partial charge in [-0.05, 0) is 43.6 Å². The molecule has 0 fully saturated rings. The molecule has 0 unspecified atom stereocenters. The van der Waals surface area contributed by atoms with E-state index in [0.717, 1.165) is 43.6 Å². The highest BCUT2D eigenvalue weighted by Gasteiger charge is 1.94. The van der Waals surface area contributed by atoms with Gasteiger partial charge in [-0.1, -0.05) is 12.2 Å². The fraction of sp³-hybridized carbons (Fsp3) is 0.857. The molecule has 0 aromatic carbocycles. The maximum absolute atomic E-state index is 5.32. The lowest BCUT2D eigenvalue weighted by Crippen LogP contribution is -2.05. The zero-order chi connectivity index (χ0) is 7.82. The molecule has 0 saturated carbocycles. The second-order valence-corrected chi connectivity index (χ2v) is 2.90. The predicted octanol–water partition coefficient (Wildman–Crippen LogP) is 0.834. The van der Waals surface area contributed by atoms with Gasteiger partial charge in [-0.3, -0.25) is 0 Å². The highest BCUT2D eigenvalue weighted by atomic mass is 32.1. The average Bonchev–Trinajstić information content (AvgIpc) is 1.97. The highest BCUT2D eigenvalue weighted by Crippen LogP contribution is 1.98. The molecule has 60 valence electrons. The molecule has 0 radical (unpaired) electrons. The number of nitrogens with two attached hydrogens (primary N) is 2. The Morgan fingerprint density at radius 3 is 1.70 bits per heavy atom. The van der Waals surface area contributed by atoms with E-state index in [-0.39, 0.29) is 0 Å². The van der Waals surface area contributed by atoms with Gasteiger partial charge in [0.2, 0.25) is 0 Å². The smallest absolute Gasteiger partial charge is 0.00705 e. The first kappa shape index (κ1) is 10.0. The topological polar surface area (TPSA) is 52.0 Å². The Hall–Kier alpha value is 0.01000. The predicted molar refractivity (Wildman–Crippen MR) is 49.2 cm³/mol. The first-order chi connectivity index (χ1) is 4.81. The summed E-state index contributed by atoms with van der Waals surface area (Å²) in [6.45, 7) is 1.48. The van der Waals surface area contributed by atoms with Crippen LogP contribution in [0.4, 0.5) is 0 Å². The first-order valence-corrected chi connectivity index (χ1v) is 4.14. The van der Waals surface area contributed by atoms with Gasteiger partial charge in [0.25, 0.3) is 0 Å². The second kappa shape index (κ2) is 7.12. The molecule has 0 amide bonds. The van der Waals surface area contributed by atoms with Crippen molar-refractivity contribution in [2.24, 2.45) is 11.5 Å². The summed E-state index contributed by atoms with van der Waals surface area (Å²) in [6, 6.07) is 0. The molecule has 0 heterocycles. The molecule has 4 N–H and O–H groups in total. The largest absolute Gasteiger partial charge is 0.330 e. The van der Waals surface area contributed by atoms with Crippen molar-refractivity contribution < 1.29 is 0 Å². The van der Waals surface area contributed by atoms with Crippen LogP contribution in [0.5, 0.6) is 0 Å². The Labute approximate surface area is 68.0 Å². The molecule has 0 aromatic heterocycles. The van der Waals surface area contributed by atoms with Gasteiger partial charge >= 0.3 is 0 Å². The minimum Gasteiger partial charge on any atom is -0.330 e. The Morgan fingerprint density at radius 2 is 1.40 bits per heavy atom. The van der Waals surface area contributed by atoms with Crippen molar-refractivity contribution in [1.82, 2.24) is 0 Å². The van der Waals surface area contributed by atoms with Crippen molar-refractivity contribution in [2.75, 3.05) is 13.1 Å². The van der Waals surface area contributed by atoms with Crippen LogP contribution in [0, 0.1) is 0 Å². The molecule has 2 nitrogen and oxygen atoms in total. The van der Waals surface area contributed by atoms with Crippen LogP contribution in [0.25, 0.3) is 0 Å². The molecule has 3 heteroatoms. The zero-order valence-electron chi connectivity index (χ0n) is 6.31. The first-order valence-electron chi connectivity index (χ1n) is 3.73. The van der Waals surface area contributed by atoms with Crippen LogP contribution < -0.4 is 11.5 Å². The summed E-state index contributed by atoms with van der Waals surface area (Å²) in [6.07, 6.45) is 4.02. The Kier molecular flexibility index (Phi) is 7.13. The minimum absolute atomic E-state index is 0.739. The standard InChI is InChI=1S/C7H16N2S/c8-5-1-3-7(10)4-2-6-9/h1-6,8-9H2. The summed E-state index contributed by atoms with van der Waals surface area (Å²) < 4.78 is 0. The van der Waals surface area contributed by atoms with E-state index < -0.39 is 0 Å². The van der Waals surface area contributed by atoms with E-state index in [4.69, 9.17) is 23.7 Å². The quantitative estimate of drug-likeness (QED) is 0.566. The van der Waals surface area contributed by atoms with Crippen LogP contribution in [0.2, 0.25) is 0 Å². The number of hydrogen-bond acceptors (Lipinski definition) is 3. The minimum atomic E-state index is 0.739. The maximum atomic E-state index is 5.32. The van der Waals surface area contributed by atoms with Crippen LogP contribution in [0.1, 0.15) is 25.7 Å². The Balaban J connectivity index is 3.09. The molecule has 0 rings (SSSR count). The van der Waals surface area contributed by atoms with Gasteiger partial charge in [0.1, 0.15) is 0 Å². The van der Waals surface area contributed by atoms with Gasteiger partial charge in [-0.2, -0.15) is 0 Å². The van der Waals surface area contributed by atoms with E-state index in [1.807, 2.05) is 0 Å². The van der Waals surface area contributed by atoms with Crippen molar-refractivity contribution in [1.29, 1.82) is 0 Å². The summed E-state index contributed by atoms with van der Waals surface area (Å²) in [5.74, 6) is 0. The van der Waals surface area contributed by atoms with E-state index in [0.29, 0.717) is 0 Å². The Morgan fingerprint density at radius 1 is 1.00 bits per heavy atom. The molecule has 0 bridgehead atoms. The van der Waals surface area contributed by atoms with Crippen LogP contribution >= 0.6 is 12.2 Å². The van der Waals surface area contributed by atoms with Crippen LogP contribution in [0.3, 0.4) is 0 Å². The molecule has 0 spiro atoms. The van der Waals surface area contributed by atoms with Gasteiger partial charge in [0.05, 0.1) is 0 Å². The van der Waals surface area contributed by atoms with Crippen LogP contribution in [0.15, 0.2) is 0 Å². The maximum Gasteiger partial charge on any atom is -0.00705 e. The van der Waals surface area contributed by atoms with Gasteiger partial charge < -0.3 is 11.5 Å². The number of rotatable bonds is 6. The van der Waals surface area contributed by atoms with Gasteiger partial charge in [0, 0.05) is 0 Å². The van der Waals surface area contributed by atoms with Crippen LogP contribution in [-0.2, 0) is 0 Å². The number of hydrogen-bond donors (Lipinski definition) is 2. The normalized spacial score (nSPS) is 9.80. The molecule has 0 aliphatic heterocycles. The van der Waals surface area contributed by atoms with Crippen molar-refractivity contribution in [2.45, 2.75) is 25.7 Å². The van der Waals surface area contributed by atoms with Gasteiger partial charge in [0.15, 0.2) is 0 Å². The molecule has 0 aliphatic rings. The summed E-state index contributed by atoms with van der Waals surface area (Å²) in [7, 11) is 0. The summed E-state index contributed by atoms with van der Waals surface area (Å²) in [5, 5.41) is 0. The molecule has 10 heavy (non-hydrogen) atoms. The van der Waals surface area contributed by atoms with Crippen LogP contribution in [-0.4, -0.2) is 18.0 Å². The SMILES string of the molecule is NCCCC(=S)CCCN. The third kappa shape index (κ3) is 6.13. The number of thiocarbonyl (C=S) groups is 1. The van der Waals surface area contributed by atoms with E-state index in [1.165, 1.54) is 0 Å². The highest BCUT2D eigenvalue weighted by molar-refractivity contribution is 7.80. The lowest BCUT2D eigenvalue weighted by atomic mass is 10.1. The summed E-state index contributed by atoms with van der Waals surface area (Å²) in [5.41, 5.74) is 10.6. The Bertz CT molecular complexity index is 83.6. The van der Waals surface area contributed by atoms with E-state index >= 15 is 0 Å². The summed E-state index contributed by atoms with van der Waals surface area (Å²) in [4.78, 5) is 1.12.